The van der Waals surface area contributed by atoms with Gasteiger partial charge in [-0.3, -0.25) is 9.59 Å². The van der Waals surface area contributed by atoms with Crippen LogP contribution in [0.5, 0.6) is 0 Å². The van der Waals surface area contributed by atoms with Crippen LogP contribution in [-0.4, -0.2) is 48.4 Å². The molecule has 2 aliphatic rings. The molecule has 2 fully saturated rings. The first-order chi connectivity index (χ1) is 18.3. The van der Waals surface area contributed by atoms with Crippen molar-refractivity contribution < 1.29 is 18.0 Å². The number of aromatic amines is 1. The van der Waals surface area contributed by atoms with Crippen LogP contribution in [0, 0.1) is 5.92 Å². The highest BCUT2D eigenvalue weighted by Crippen LogP contribution is 2.37. The number of carbonyl (C=O) groups excluding carboxylic acids is 2. The number of hydrogen-bond donors (Lipinski definition) is 3. The third-order valence-corrected chi connectivity index (χ3v) is 10.1. The maximum absolute atomic E-state index is 12.5. The normalized spacial score (nSPS) is 17.7. The summed E-state index contributed by atoms with van der Waals surface area (Å²) in [6.07, 6.45) is 7.55. The van der Waals surface area contributed by atoms with Gasteiger partial charge in [0.2, 0.25) is 15.9 Å². The highest BCUT2D eigenvalue weighted by Gasteiger charge is 2.29. The Morgan fingerprint density at radius 3 is 2.47 bits per heavy atom. The second-order valence-corrected chi connectivity index (χ2v) is 12.8. The van der Waals surface area contributed by atoms with E-state index in [-0.39, 0.29) is 23.5 Å². The zero-order chi connectivity index (χ0) is 26.9. The second kappa shape index (κ2) is 10.9. The number of hydrogen-bond acceptors (Lipinski definition) is 4. The Hall–Kier alpha value is -3.17. The van der Waals surface area contributed by atoms with Crippen LogP contribution in [0.4, 0.5) is 0 Å². The SMILES string of the molecule is CCS(=O)(=O)N1CCC(c2c[nH]c3c(C(N)=O)cc(-c4cccc(CNC(=O)C5CCCC5)c4)cc23)CC1. The average molecular weight is 537 g/mol. The monoisotopic (exact) mass is 536 g/mol. The van der Waals surface area contributed by atoms with Crippen LogP contribution in [0.1, 0.15) is 72.9 Å². The maximum Gasteiger partial charge on any atom is 0.250 e. The molecule has 0 spiro atoms. The summed E-state index contributed by atoms with van der Waals surface area (Å²) in [5, 5.41) is 4.02. The Morgan fingerprint density at radius 1 is 1.05 bits per heavy atom. The lowest BCUT2D eigenvalue weighted by Crippen LogP contribution is -2.38. The van der Waals surface area contributed by atoms with E-state index in [1.807, 2.05) is 36.5 Å². The van der Waals surface area contributed by atoms with E-state index in [1.165, 1.54) is 0 Å². The molecule has 2 heterocycles. The standard InChI is InChI=1S/C29H36N4O4S/c1-2-38(36,37)33-12-10-20(11-13-33)26-18-31-27-24(26)15-23(16-25(27)28(30)34)22-9-5-6-19(14-22)17-32-29(35)21-7-3-4-8-21/h5-6,9,14-16,18,20-21,31H,2-4,7-8,10-13,17H2,1H3,(H2,30,34)(H,32,35). The summed E-state index contributed by atoms with van der Waals surface area (Å²) < 4.78 is 26.2. The number of amides is 2. The summed E-state index contributed by atoms with van der Waals surface area (Å²) in [6.45, 7) is 3.12. The van der Waals surface area contributed by atoms with E-state index >= 15 is 0 Å². The summed E-state index contributed by atoms with van der Waals surface area (Å²) in [5.74, 6) is 0.0355. The third-order valence-electron chi connectivity index (χ3n) is 8.19. The predicted octanol–water partition coefficient (Wildman–Crippen LogP) is 4.27. The summed E-state index contributed by atoms with van der Waals surface area (Å²) in [6, 6.07) is 11.9. The van der Waals surface area contributed by atoms with Gasteiger partial charge in [0.15, 0.2) is 0 Å². The molecule has 3 aromatic rings. The quantitative estimate of drug-likeness (QED) is 0.398. The van der Waals surface area contributed by atoms with Crippen molar-refractivity contribution in [3.63, 3.8) is 0 Å². The van der Waals surface area contributed by atoms with Crippen LogP contribution in [-0.2, 0) is 21.4 Å². The van der Waals surface area contributed by atoms with Crippen molar-refractivity contribution in [1.29, 1.82) is 0 Å². The van der Waals surface area contributed by atoms with Crippen molar-refractivity contribution >= 4 is 32.7 Å². The van der Waals surface area contributed by atoms with Crippen molar-refractivity contribution in [3.8, 4) is 11.1 Å². The van der Waals surface area contributed by atoms with Gasteiger partial charge in [-0.2, -0.15) is 0 Å². The van der Waals surface area contributed by atoms with Gasteiger partial charge in [-0.1, -0.05) is 31.0 Å². The van der Waals surface area contributed by atoms with Gasteiger partial charge in [0.05, 0.1) is 16.8 Å². The molecule has 9 heteroatoms. The third kappa shape index (κ3) is 5.35. The molecule has 0 atom stereocenters. The Labute approximate surface area is 224 Å². The van der Waals surface area contributed by atoms with E-state index in [1.54, 1.807) is 11.2 Å². The van der Waals surface area contributed by atoms with Gasteiger partial charge in [-0.15, -0.1) is 0 Å². The number of sulfonamides is 1. The fraction of sp³-hybridized carbons (Fsp3) is 0.448. The first-order valence-electron chi connectivity index (χ1n) is 13.6. The van der Waals surface area contributed by atoms with E-state index in [0.29, 0.717) is 30.7 Å². The van der Waals surface area contributed by atoms with Gasteiger partial charge in [0.25, 0.3) is 5.91 Å². The molecule has 8 nitrogen and oxygen atoms in total. The topological polar surface area (TPSA) is 125 Å². The van der Waals surface area contributed by atoms with E-state index < -0.39 is 15.9 Å². The van der Waals surface area contributed by atoms with E-state index in [9.17, 15) is 18.0 Å². The molecule has 0 unspecified atom stereocenters. The molecular weight excluding hydrogens is 500 g/mol. The lowest BCUT2D eigenvalue weighted by molar-refractivity contribution is -0.124. The van der Waals surface area contributed by atoms with Crippen LogP contribution >= 0.6 is 0 Å². The van der Waals surface area contributed by atoms with Crippen LogP contribution in [0.15, 0.2) is 42.6 Å². The first kappa shape index (κ1) is 26.4. The summed E-state index contributed by atoms with van der Waals surface area (Å²) in [4.78, 5) is 28.2. The van der Waals surface area contributed by atoms with Gasteiger partial charge in [-0.25, -0.2) is 12.7 Å². The Morgan fingerprint density at radius 2 is 1.79 bits per heavy atom. The largest absolute Gasteiger partial charge is 0.366 e. The average Bonchev–Trinajstić information content (AvgIpc) is 3.62. The molecule has 202 valence electrons. The predicted molar refractivity (Wildman–Crippen MR) is 149 cm³/mol. The number of aromatic nitrogens is 1. The maximum atomic E-state index is 12.5. The lowest BCUT2D eigenvalue weighted by atomic mass is 9.88. The first-order valence-corrected chi connectivity index (χ1v) is 15.2. The molecule has 1 aliphatic carbocycles. The van der Waals surface area contributed by atoms with E-state index in [4.69, 9.17) is 5.73 Å². The minimum atomic E-state index is -3.20. The molecule has 4 N–H and O–H groups in total. The smallest absolute Gasteiger partial charge is 0.250 e. The fourth-order valence-electron chi connectivity index (χ4n) is 5.96. The molecule has 1 aliphatic heterocycles. The number of benzene rings is 2. The summed E-state index contributed by atoms with van der Waals surface area (Å²) in [5.41, 5.74) is 10.8. The van der Waals surface area contributed by atoms with Crippen molar-refractivity contribution in [2.45, 2.75) is 57.9 Å². The van der Waals surface area contributed by atoms with Crippen LogP contribution in [0.25, 0.3) is 22.0 Å². The Balaban J connectivity index is 1.41. The molecule has 2 aromatic carbocycles. The van der Waals surface area contributed by atoms with Gasteiger partial charge in [0.1, 0.15) is 0 Å². The zero-order valence-corrected chi connectivity index (χ0v) is 22.6. The number of primary amides is 1. The number of nitrogens with one attached hydrogen (secondary N) is 2. The van der Waals surface area contributed by atoms with E-state index in [2.05, 4.69) is 16.4 Å². The van der Waals surface area contributed by atoms with Crippen molar-refractivity contribution in [2.75, 3.05) is 18.8 Å². The van der Waals surface area contributed by atoms with Crippen molar-refractivity contribution in [1.82, 2.24) is 14.6 Å². The minimum absolute atomic E-state index is 0.111. The van der Waals surface area contributed by atoms with E-state index in [0.717, 1.165) is 66.2 Å². The van der Waals surface area contributed by atoms with Crippen LogP contribution in [0.3, 0.4) is 0 Å². The molecule has 1 saturated heterocycles. The number of fused-ring (bicyclic) bond motifs is 1. The molecular formula is C29H36N4O4S. The summed E-state index contributed by atoms with van der Waals surface area (Å²) >= 11 is 0. The molecule has 0 radical (unpaired) electrons. The number of H-pyrrole nitrogens is 1. The molecule has 2 amide bonds. The van der Waals surface area contributed by atoms with Crippen LogP contribution in [0.2, 0.25) is 0 Å². The number of nitrogens with two attached hydrogens (primary N) is 1. The highest BCUT2D eigenvalue weighted by atomic mass is 32.2. The minimum Gasteiger partial charge on any atom is -0.366 e. The Bertz CT molecular complexity index is 1450. The zero-order valence-electron chi connectivity index (χ0n) is 21.8. The molecule has 38 heavy (non-hydrogen) atoms. The van der Waals surface area contributed by atoms with Crippen molar-refractivity contribution in [3.05, 3.63) is 59.3 Å². The van der Waals surface area contributed by atoms with Gasteiger partial charge in [-0.05, 0) is 79.0 Å². The number of carbonyl (C=O) groups is 2. The molecule has 0 bridgehead atoms. The number of rotatable bonds is 8. The summed E-state index contributed by atoms with van der Waals surface area (Å²) in [7, 11) is -3.20. The van der Waals surface area contributed by atoms with Gasteiger partial charge < -0.3 is 16.0 Å². The lowest BCUT2D eigenvalue weighted by Gasteiger charge is -2.31. The highest BCUT2D eigenvalue weighted by molar-refractivity contribution is 7.89. The van der Waals surface area contributed by atoms with Crippen molar-refractivity contribution in [2.24, 2.45) is 11.7 Å². The fourth-order valence-corrected chi connectivity index (χ4v) is 7.09. The second-order valence-electron chi connectivity index (χ2n) is 10.5. The van der Waals surface area contributed by atoms with Gasteiger partial charge in [0, 0.05) is 37.1 Å². The van der Waals surface area contributed by atoms with Crippen LogP contribution < -0.4 is 11.1 Å². The van der Waals surface area contributed by atoms with Gasteiger partial charge >= 0.3 is 0 Å². The molecule has 1 aromatic heterocycles. The number of nitrogens with zero attached hydrogens (tertiary/aromatic N) is 1. The molecule has 5 rings (SSSR count). The Kier molecular flexibility index (Phi) is 7.59. The number of piperidine rings is 1. The molecule has 1 saturated carbocycles.